The predicted octanol–water partition coefficient (Wildman–Crippen LogP) is 14.5. The lowest BCUT2D eigenvalue weighted by Gasteiger charge is -2.21. The highest BCUT2D eigenvalue weighted by molar-refractivity contribution is 7.27. The summed E-state index contributed by atoms with van der Waals surface area (Å²) in [6.45, 7) is 4.74. The van der Waals surface area contributed by atoms with Gasteiger partial charge in [0, 0.05) is 47.6 Å². The van der Waals surface area contributed by atoms with Crippen LogP contribution in [-0.4, -0.2) is 4.57 Å². The van der Waals surface area contributed by atoms with Crippen molar-refractivity contribution in [2.75, 3.05) is 0 Å². The van der Waals surface area contributed by atoms with Gasteiger partial charge in [-0.05, 0) is 86.5 Å². The van der Waals surface area contributed by atoms with Crippen molar-refractivity contribution in [2.24, 2.45) is 0 Å². The van der Waals surface area contributed by atoms with Crippen LogP contribution in [0.3, 0.4) is 0 Å². The van der Waals surface area contributed by atoms with E-state index in [1.54, 1.807) is 0 Å². The van der Waals surface area contributed by atoms with Crippen LogP contribution in [-0.2, 0) is 5.41 Å². The first kappa shape index (κ1) is 30.4. The number of hydrogen-bond donors (Lipinski definition) is 0. The Morgan fingerprint density at radius 2 is 0.981 bits per heavy atom. The van der Waals surface area contributed by atoms with E-state index in [1.165, 1.54) is 97.6 Å². The molecule has 0 atom stereocenters. The Bertz CT molecular complexity index is 2970. The second kappa shape index (κ2) is 11.4. The van der Waals surface area contributed by atoms with Crippen LogP contribution >= 0.6 is 11.3 Å². The first-order valence-corrected chi connectivity index (χ1v) is 19.2. The van der Waals surface area contributed by atoms with Gasteiger partial charge in [0.2, 0.25) is 0 Å². The summed E-state index contributed by atoms with van der Waals surface area (Å²) in [7, 11) is 0. The lowest BCUT2D eigenvalue weighted by atomic mass is 9.82. The third-order valence-corrected chi connectivity index (χ3v) is 12.9. The van der Waals surface area contributed by atoms with E-state index in [0.29, 0.717) is 0 Å². The number of benzene rings is 8. The van der Waals surface area contributed by atoms with Crippen LogP contribution in [0.15, 0.2) is 176 Å². The van der Waals surface area contributed by atoms with E-state index in [2.05, 4.69) is 194 Å². The van der Waals surface area contributed by atoms with Crippen LogP contribution in [0.5, 0.6) is 0 Å². The highest BCUT2D eigenvalue weighted by Gasteiger charge is 2.36. The summed E-state index contributed by atoms with van der Waals surface area (Å²) in [6, 6.07) is 65.0. The van der Waals surface area contributed by atoms with Crippen LogP contribution in [0.25, 0.3) is 92.2 Å². The van der Waals surface area contributed by atoms with Gasteiger partial charge in [0.15, 0.2) is 0 Å². The number of nitrogens with zero attached hydrogens (tertiary/aromatic N) is 1. The summed E-state index contributed by atoms with van der Waals surface area (Å²) in [5.74, 6) is 0. The molecule has 0 fully saturated rings. The smallest absolute Gasteiger partial charge is 0.0541 e. The standard InChI is InChI=1S/C51H35NS/c1-51(2)44-22-10-9-19-41(44)48-45(51)26-25-40-39-21-12-20-38(49(39)53-50(40)48)36-17-11-18-37(29-36)52-46-27-23-34(32-13-5-3-6-14-32)30-42(46)43-31-35(24-28-47(43)52)33-15-7-4-8-16-33/h3-31H,1-2H3. The third kappa shape index (κ3) is 4.49. The third-order valence-electron chi connectivity index (χ3n) is 11.6. The van der Waals surface area contributed by atoms with E-state index in [-0.39, 0.29) is 5.41 Å². The van der Waals surface area contributed by atoms with Crippen LogP contribution in [0.1, 0.15) is 25.0 Å². The molecule has 0 unspecified atom stereocenters. The number of hydrogen-bond acceptors (Lipinski definition) is 1. The van der Waals surface area contributed by atoms with Crippen molar-refractivity contribution in [3.63, 3.8) is 0 Å². The molecule has 0 spiro atoms. The second-order valence-electron chi connectivity index (χ2n) is 14.9. The van der Waals surface area contributed by atoms with E-state index in [0.717, 1.165) is 5.69 Å². The molecule has 0 aliphatic heterocycles. The van der Waals surface area contributed by atoms with Gasteiger partial charge >= 0.3 is 0 Å². The molecule has 0 bridgehead atoms. The zero-order valence-electron chi connectivity index (χ0n) is 29.6. The molecule has 2 aromatic heterocycles. The van der Waals surface area contributed by atoms with Gasteiger partial charge in [-0.2, -0.15) is 0 Å². The molecule has 1 aliphatic rings. The molecule has 1 nitrogen and oxygen atoms in total. The fraction of sp³-hybridized carbons (Fsp3) is 0.0588. The summed E-state index contributed by atoms with van der Waals surface area (Å²) in [5.41, 5.74) is 16.6. The van der Waals surface area contributed by atoms with Crippen molar-refractivity contribution in [2.45, 2.75) is 19.3 Å². The molecule has 0 saturated heterocycles. The molecule has 11 rings (SSSR count). The maximum Gasteiger partial charge on any atom is 0.0541 e. The fourth-order valence-corrected chi connectivity index (χ4v) is 10.4. The Morgan fingerprint density at radius 1 is 0.396 bits per heavy atom. The maximum atomic E-state index is 2.45. The van der Waals surface area contributed by atoms with Gasteiger partial charge < -0.3 is 4.57 Å². The first-order chi connectivity index (χ1) is 26.0. The highest BCUT2D eigenvalue weighted by atomic mass is 32.1. The Kier molecular flexibility index (Phi) is 6.53. The molecule has 0 N–H and O–H groups in total. The van der Waals surface area contributed by atoms with Crippen LogP contribution < -0.4 is 0 Å². The fourth-order valence-electron chi connectivity index (χ4n) is 9.00. The second-order valence-corrected chi connectivity index (χ2v) is 15.9. The molecular weight excluding hydrogens is 659 g/mol. The number of thiophene rings is 1. The van der Waals surface area contributed by atoms with Crippen molar-refractivity contribution < 1.29 is 0 Å². The molecule has 10 aromatic rings. The summed E-state index contributed by atoms with van der Waals surface area (Å²) in [6.07, 6.45) is 0. The number of fused-ring (bicyclic) bond motifs is 10. The van der Waals surface area contributed by atoms with Crippen molar-refractivity contribution in [1.29, 1.82) is 0 Å². The average Bonchev–Trinajstić information content (AvgIpc) is 3.83. The van der Waals surface area contributed by atoms with Gasteiger partial charge in [0.05, 0.1) is 11.0 Å². The SMILES string of the molecule is CC1(C)c2ccccc2-c2c1ccc1c2sc2c(-c3cccc(-n4c5ccc(-c6ccccc6)cc5c5cc(-c6ccccc6)ccc54)c3)cccc21. The molecule has 0 radical (unpaired) electrons. The van der Waals surface area contributed by atoms with E-state index in [9.17, 15) is 0 Å². The molecular formula is C51H35NS. The summed E-state index contributed by atoms with van der Waals surface area (Å²) in [4.78, 5) is 0. The van der Waals surface area contributed by atoms with E-state index in [1.807, 2.05) is 11.3 Å². The molecule has 8 aromatic carbocycles. The molecule has 2 heteroatoms. The van der Waals surface area contributed by atoms with Crippen molar-refractivity contribution in [1.82, 2.24) is 4.57 Å². The molecule has 0 amide bonds. The quantitative estimate of drug-likeness (QED) is 0.173. The average molecular weight is 694 g/mol. The van der Waals surface area contributed by atoms with Gasteiger partial charge in [-0.1, -0.05) is 153 Å². The molecule has 1 aliphatic carbocycles. The van der Waals surface area contributed by atoms with Gasteiger partial charge in [0.25, 0.3) is 0 Å². The Morgan fingerprint density at radius 3 is 1.68 bits per heavy atom. The highest BCUT2D eigenvalue weighted by Crippen LogP contribution is 2.54. The summed E-state index contributed by atoms with van der Waals surface area (Å²) < 4.78 is 5.19. The monoisotopic (exact) mass is 693 g/mol. The van der Waals surface area contributed by atoms with Gasteiger partial charge in [-0.3, -0.25) is 0 Å². The Balaban J connectivity index is 1.11. The molecule has 53 heavy (non-hydrogen) atoms. The minimum Gasteiger partial charge on any atom is -0.309 e. The maximum absolute atomic E-state index is 2.45. The van der Waals surface area contributed by atoms with Crippen molar-refractivity contribution in [3.05, 3.63) is 187 Å². The van der Waals surface area contributed by atoms with Gasteiger partial charge in [-0.25, -0.2) is 0 Å². The van der Waals surface area contributed by atoms with Crippen LogP contribution in [0.4, 0.5) is 0 Å². The summed E-state index contributed by atoms with van der Waals surface area (Å²) >= 11 is 1.95. The minimum absolute atomic E-state index is 0.0144. The van der Waals surface area contributed by atoms with Crippen molar-refractivity contribution in [3.8, 4) is 50.2 Å². The zero-order chi connectivity index (χ0) is 35.3. The number of aromatic nitrogens is 1. The van der Waals surface area contributed by atoms with E-state index < -0.39 is 0 Å². The van der Waals surface area contributed by atoms with Crippen molar-refractivity contribution >= 4 is 53.3 Å². The van der Waals surface area contributed by atoms with E-state index >= 15 is 0 Å². The molecule has 0 saturated carbocycles. The van der Waals surface area contributed by atoms with Crippen LogP contribution in [0, 0.1) is 0 Å². The first-order valence-electron chi connectivity index (χ1n) is 18.4. The lowest BCUT2D eigenvalue weighted by Crippen LogP contribution is -2.14. The molecule has 250 valence electrons. The summed E-state index contributed by atoms with van der Waals surface area (Å²) in [5, 5.41) is 5.19. The number of rotatable bonds is 4. The topological polar surface area (TPSA) is 4.93 Å². The molecule has 2 heterocycles. The minimum atomic E-state index is -0.0144. The lowest BCUT2D eigenvalue weighted by molar-refractivity contribution is 0.661. The Labute approximate surface area is 313 Å². The van der Waals surface area contributed by atoms with Crippen LogP contribution in [0.2, 0.25) is 0 Å². The van der Waals surface area contributed by atoms with Gasteiger partial charge in [0.1, 0.15) is 0 Å². The largest absolute Gasteiger partial charge is 0.309 e. The predicted molar refractivity (Wildman–Crippen MR) is 228 cm³/mol. The Hall–Kier alpha value is -6.22. The normalized spacial score (nSPS) is 13.2. The zero-order valence-corrected chi connectivity index (χ0v) is 30.4. The van der Waals surface area contributed by atoms with Gasteiger partial charge in [-0.15, -0.1) is 11.3 Å². The van der Waals surface area contributed by atoms with E-state index in [4.69, 9.17) is 0 Å².